The van der Waals surface area contributed by atoms with Crippen LogP contribution in [0.4, 0.5) is 0 Å². The van der Waals surface area contributed by atoms with Gasteiger partial charge in [-0.05, 0) is 36.7 Å². The van der Waals surface area contributed by atoms with Crippen molar-refractivity contribution in [2.75, 3.05) is 20.2 Å². The van der Waals surface area contributed by atoms with E-state index in [-0.39, 0.29) is 0 Å². The Morgan fingerprint density at radius 2 is 1.84 bits per heavy atom. The van der Waals surface area contributed by atoms with Gasteiger partial charge in [0.25, 0.3) is 0 Å². The molecule has 0 unspecified atom stereocenters. The highest BCUT2D eigenvalue weighted by Gasteiger charge is 1.98. The zero-order valence-electron chi connectivity index (χ0n) is 11.6. The van der Waals surface area contributed by atoms with E-state index in [1.54, 1.807) is 7.11 Å². The summed E-state index contributed by atoms with van der Waals surface area (Å²) in [4.78, 5) is 0. The van der Waals surface area contributed by atoms with Crippen molar-refractivity contribution in [3.8, 4) is 5.75 Å². The molecule has 0 fully saturated rings. The van der Waals surface area contributed by atoms with Gasteiger partial charge in [-0.3, -0.25) is 4.68 Å². The molecule has 19 heavy (non-hydrogen) atoms. The first kappa shape index (κ1) is 13.6. The van der Waals surface area contributed by atoms with Crippen molar-refractivity contribution in [2.24, 2.45) is 7.05 Å². The molecule has 2 aromatic rings. The highest BCUT2D eigenvalue weighted by atomic mass is 16.5. The van der Waals surface area contributed by atoms with Gasteiger partial charge >= 0.3 is 0 Å². The van der Waals surface area contributed by atoms with Gasteiger partial charge in [0, 0.05) is 31.9 Å². The minimum atomic E-state index is 0.910. The van der Waals surface area contributed by atoms with Crippen molar-refractivity contribution < 1.29 is 4.74 Å². The Labute approximate surface area is 114 Å². The van der Waals surface area contributed by atoms with E-state index in [2.05, 4.69) is 28.6 Å². The maximum atomic E-state index is 5.14. The Morgan fingerprint density at radius 3 is 2.47 bits per heavy atom. The molecule has 0 aliphatic rings. The third-order valence-corrected chi connectivity index (χ3v) is 3.23. The van der Waals surface area contributed by atoms with Gasteiger partial charge in [-0.15, -0.1) is 0 Å². The van der Waals surface area contributed by atoms with Crippen LogP contribution in [0.1, 0.15) is 11.3 Å². The smallest absolute Gasteiger partial charge is 0.118 e. The van der Waals surface area contributed by atoms with E-state index in [4.69, 9.17) is 4.74 Å². The largest absolute Gasteiger partial charge is 0.497 e. The topological polar surface area (TPSA) is 39.1 Å². The number of benzene rings is 1. The van der Waals surface area contributed by atoms with Gasteiger partial charge in [0.1, 0.15) is 5.75 Å². The first-order valence-corrected chi connectivity index (χ1v) is 6.60. The third kappa shape index (κ3) is 4.10. The van der Waals surface area contributed by atoms with E-state index in [0.717, 1.165) is 31.7 Å². The SMILES string of the molecule is COc1ccc(CCNCCc2ccnn2C)cc1. The van der Waals surface area contributed by atoms with Crippen LogP contribution in [0.5, 0.6) is 5.75 Å². The molecule has 0 atom stereocenters. The highest BCUT2D eigenvalue weighted by Crippen LogP contribution is 2.11. The normalized spacial score (nSPS) is 10.6. The zero-order valence-corrected chi connectivity index (χ0v) is 11.6. The molecule has 1 heterocycles. The summed E-state index contributed by atoms with van der Waals surface area (Å²) in [5.41, 5.74) is 2.59. The molecule has 0 amide bonds. The van der Waals surface area contributed by atoms with Gasteiger partial charge in [0.05, 0.1) is 7.11 Å². The summed E-state index contributed by atoms with van der Waals surface area (Å²) in [6.45, 7) is 1.97. The van der Waals surface area contributed by atoms with E-state index < -0.39 is 0 Å². The Kier molecular flexibility index (Phi) is 4.98. The minimum Gasteiger partial charge on any atom is -0.497 e. The lowest BCUT2D eigenvalue weighted by atomic mass is 10.1. The summed E-state index contributed by atoms with van der Waals surface area (Å²) in [5, 5.41) is 7.61. The maximum absolute atomic E-state index is 5.14. The summed E-state index contributed by atoms with van der Waals surface area (Å²) >= 11 is 0. The van der Waals surface area contributed by atoms with Gasteiger partial charge in [0.15, 0.2) is 0 Å². The maximum Gasteiger partial charge on any atom is 0.118 e. The number of methoxy groups -OCH3 is 1. The summed E-state index contributed by atoms with van der Waals surface area (Å²) in [5.74, 6) is 0.910. The number of ether oxygens (including phenoxy) is 1. The second kappa shape index (κ2) is 6.95. The van der Waals surface area contributed by atoms with E-state index in [9.17, 15) is 0 Å². The fourth-order valence-corrected chi connectivity index (χ4v) is 2.01. The monoisotopic (exact) mass is 259 g/mol. The third-order valence-electron chi connectivity index (χ3n) is 3.23. The summed E-state index contributed by atoms with van der Waals surface area (Å²) in [6, 6.07) is 10.3. The molecule has 102 valence electrons. The van der Waals surface area contributed by atoms with Crippen LogP contribution in [0.3, 0.4) is 0 Å². The fourth-order valence-electron chi connectivity index (χ4n) is 2.01. The van der Waals surface area contributed by atoms with Crippen molar-refractivity contribution in [2.45, 2.75) is 12.8 Å². The van der Waals surface area contributed by atoms with Crippen LogP contribution in [-0.4, -0.2) is 30.0 Å². The Balaban J connectivity index is 1.65. The number of hydrogen-bond donors (Lipinski definition) is 1. The van der Waals surface area contributed by atoms with Gasteiger partial charge in [0.2, 0.25) is 0 Å². The zero-order chi connectivity index (χ0) is 13.5. The van der Waals surface area contributed by atoms with Crippen LogP contribution < -0.4 is 10.1 Å². The molecular weight excluding hydrogens is 238 g/mol. The van der Waals surface area contributed by atoms with E-state index in [0.29, 0.717) is 0 Å². The molecule has 0 saturated heterocycles. The average Bonchev–Trinajstić information content (AvgIpc) is 2.85. The van der Waals surface area contributed by atoms with Crippen molar-refractivity contribution in [3.63, 3.8) is 0 Å². The van der Waals surface area contributed by atoms with Gasteiger partial charge in [-0.1, -0.05) is 12.1 Å². The predicted molar refractivity (Wildman–Crippen MR) is 76.5 cm³/mol. The van der Waals surface area contributed by atoms with Gasteiger partial charge < -0.3 is 10.1 Å². The molecule has 0 bridgehead atoms. The molecule has 0 saturated carbocycles. The number of aryl methyl sites for hydroxylation is 1. The molecule has 4 nitrogen and oxygen atoms in total. The van der Waals surface area contributed by atoms with Gasteiger partial charge in [-0.2, -0.15) is 5.10 Å². The molecule has 4 heteroatoms. The van der Waals surface area contributed by atoms with E-state index >= 15 is 0 Å². The van der Waals surface area contributed by atoms with Crippen LogP contribution in [0.25, 0.3) is 0 Å². The average molecular weight is 259 g/mol. The first-order chi connectivity index (χ1) is 9.29. The summed E-state index contributed by atoms with van der Waals surface area (Å²) in [7, 11) is 3.67. The van der Waals surface area contributed by atoms with Gasteiger partial charge in [-0.25, -0.2) is 0 Å². The predicted octanol–water partition coefficient (Wildman–Crippen LogP) is 1.80. The van der Waals surface area contributed by atoms with E-state index in [1.807, 2.05) is 30.1 Å². The summed E-state index contributed by atoms with van der Waals surface area (Å²) < 4.78 is 7.06. The number of hydrogen-bond acceptors (Lipinski definition) is 3. The Bertz CT molecular complexity index is 490. The quantitative estimate of drug-likeness (QED) is 0.771. The number of nitrogens with zero attached hydrogens (tertiary/aromatic N) is 2. The number of nitrogens with one attached hydrogen (secondary N) is 1. The second-order valence-electron chi connectivity index (χ2n) is 4.54. The van der Waals surface area contributed by atoms with Crippen LogP contribution in [0.2, 0.25) is 0 Å². The lowest BCUT2D eigenvalue weighted by molar-refractivity contribution is 0.414. The lowest BCUT2D eigenvalue weighted by Gasteiger charge is -2.06. The van der Waals surface area contributed by atoms with Crippen LogP contribution in [0.15, 0.2) is 36.5 Å². The molecular formula is C15H21N3O. The van der Waals surface area contributed by atoms with Crippen molar-refractivity contribution in [3.05, 3.63) is 47.8 Å². The fraction of sp³-hybridized carbons (Fsp3) is 0.400. The van der Waals surface area contributed by atoms with Crippen molar-refractivity contribution in [1.82, 2.24) is 15.1 Å². The number of aromatic nitrogens is 2. The Morgan fingerprint density at radius 1 is 1.11 bits per heavy atom. The molecule has 2 rings (SSSR count). The first-order valence-electron chi connectivity index (χ1n) is 6.60. The molecule has 1 aromatic carbocycles. The standard InChI is InChI=1S/C15H21N3O/c1-18-14(9-12-17-18)8-11-16-10-7-13-3-5-15(19-2)6-4-13/h3-6,9,12,16H,7-8,10-11H2,1-2H3. The molecule has 0 aliphatic carbocycles. The molecule has 0 spiro atoms. The highest BCUT2D eigenvalue weighted by molar-refractivity contribution is 5.27. The van der Waals surface area contributed by atoms with Crippen molar-refractivity contribution >= 4 is 0 Å². The number of rotatable bonds is 7. The molecule has 1 N–H and O–H groups in total. The lowest BCUT2D eigenvalue weighted by Crippen LogP contribution is -2.21. The minimum absolute atomic E-state index is 0.910. The van der Waals surface area contributed by atoms with Crippen LogP contribution in [-0.2, 0) is 19.9 Å². The second-order valence-corrected chi connectivity index (χ2v) is 4.54. The van der Waals surface area contributed by atoms with Crippen LogP contribution in [0, 0.1) is 0 Å². The molecule has 0 aliphatic heterocycles. The van der Waals surface area contributed by atoms with Crippen LogP contribution >= 0.6 is 0 Å². The molecule has 1 aromatic heterocycles. The Hall–Kier alpha value is -1.81. The summed E-state index contributed by atoms with van der Waals surface area (Å²) in [6.07, 6.45) is 3.89. The van der Waals surface area contributed by atoms with E-state index in [1.165, 1.54) is 11.3 Å². The van der Waals surface area contributed by atoms with Crippen molar-refractivity contribution in [1.29, 1.82) is 0 Å². The molecule has 0 radical (unpaired) electrons.